The molecule has 2 aromatic rings. The Kier molecular flexibility index (Phi) is 4.02. The van der Waals surface area contributed by atoms with E-state index in [1.54, 1.807) is 6.20 Å². The zero-order valence-corrected chi connectivity index (χ0v) is 11.2. The summed E-state index contributed by atoms with van der Waals surface area (Å²) in [5.74, 6) is -2.08. The summed E-state index contributed by atoms with van der Waals surface area (Å²) >= 11 is 0. The summed E-state index contributed by atoms with van der Waals surface area (Å²) in [6.45, 7) is 0.233. The van der Waals surface area contributed by atoms with Gasteiger partial charge in [0.2, 0.25) is 0 Å². The van der Waals surface area contributed by atoms with E-state index in [1.807, 2.05) is 31.1 Å². The van der Waals surface area contributed by atoms with Gasteiger partial charge in [0.05, 0.1) is 11.9 Å². The fourth-order valence-corrected chi connectivity index (χ4v) is 1.68. The van der Waals surface area contributed by atoms with E-state index < -0.39 is 17.4 Å². The Morgan fingerprint density at radius 2 is 1.85 bits per heavy atom. The predicted molar refractivity (Wildman–Crippen MR) is 73.9 cm³/mol. The third kappa shape index (κ3) is 3.14. The second-order valence-corrected chi connectivity index (χ2v) is 4.56. The van der Waals surface area contributed by atoms with E-state index >= 15 is 0 Å². The number of nitrogens with zero attached hydrogens (tertiary/aromatic N) is 2. The molecule has 0 radical (unpaired) electrons. The van der Waals surface area contributed by atoms with E-state index in [0.717, 1.165) is 23.6 Å². The first-order chi connectivity index (χ1) is 9.47. The van der Waals surface area contributed by atoms with E-state index in [1.165, 1.54) is 0 Å². The lowest BCUT2D eigenvalue weighted by Gasteiger charge is -2.12. The van der Waals surface area contributed by atoms with Crippen molar-refractivity contribution in [1.29, 1.82) is 0 Å². The minimum Gasteiger partial charge on any atom is -0.503 e. The number of benzene rings is 1. The highest BCUT2D eigenvalue weighted by Gasteiger charge is 2.09. The maximum absolute atomic E-state index is 13.2. The second-order valence-electron chi connectivity index (χ2n) is 4.56. The van der Waals surface area contributed by atoms with Gasteiger partial charge in [-0.25, -0.2) is 13.8 Å². The van der Waals surface area contributed by atoms with Gasteiger partial charge in [-0.1, -0.05) is 0 Å². The number of hydrogen-bond donors (Lipinski definition) is 2. The van der Waals surface area contributed by atoms with Gasteiger partial charge in [0.25, 0.3) is 0 Å². The highest BCUT2D eigenvalue weighted by atomic mass is 19.1. The molecule has 0 unspecified atom stereocenters. The fraction of sp³-hybridized carbons (Fsp3) is 0.214. The van der Waals surface area contributed by atoms with Gasteiger partial charge >= 0.3 is 0 Å². The number of pyridine rings is 1. The van der Waals surface area contributed by atoms with Crippen molar-refractivity contribution in [3.63, 3.8) is 0 Å². The van der Waals surface area contributed by atoms with Gasteiger partial charge in [-0.15, -0.1) is 0 Å². The maximum atomic E-state index is 13.2. The summed E-state index contributed by atoms with van der Waals surface area (Å²) in [4.78, 5) is 6.08. The van der Waals surface area contributed by atoms with Crippen molar-refractivity contribution >= 4 is 11.5 Å². The molecule has 0 spiro atoms. The SMILES string of the molecule is CN(C)c1ccc(NCc2cc(F)c(O)c(F)c2)cn1. The predicted octanol–water partition coefficient (Wildman–Crippen LogP) is 2.74. The quantitative estimate of drug-likeness (QED) is 0.903. The summed E-state index contributed by atoms with van der Waals surface area (Å²) in [5.41, 5.74) is 1.14. The lowest BCUT2D eigenvalue weighted by atomic mass is 10.2. The fourth-order valence-electron chi connectivity index (χ4n) is 1.68. The molecule has 1 aromatic heterocycles. The number of phenolic OH excluding ortho intramolecular Hbond substituents is 1. The van der Waals surface area contributed by atoms with E-state index in [9.17, 15) is 8.78 Å². The number of nitrogens with one attached hydrogen (secondary N) is 1. The molecule has 0 fully saturated rings. The van der Waals surface area contributed by atoms with Gasteiger partial charge in [0.1, 0.15) is 5.82 Å². The highest BCUT2D eigenvalue weighted by molar-refractivity contribution is 5.48. The third-order valence-corrected chi connectivity index (χ3v) is 2.78. The first-order valence-electron chi connectivity index (χ1n) is 6.01. The Bertz CT molecular complexity index is 577. The summed E-state index contributed by atoms with van der Waals surface area (Å²) in [7, 11) is 3.77. The van der Waals surface area contributed by atoms with E-state index in [0.29, 0.717) is 5.56 Å². The van der Waals surface area contributed by atoms with Crippen molar-refractivity contribution in [2.45, 2.75) is 6.54 Å². The van der Waals surface area contributed by atoms with Crippen molar-refractivity contribution < 1.29 is 13.9 Å². The van der Waals surface area contributed by atoms with Crippen molar-refractivity contribution in [2.24, 2.45) is 0 Å². The highest BCUT2D eigenvalue weighted by Crippen LogP contribution is 2.22. The largest absolute Gasteiger partial charge is 0.503 e. The Labute approximate surface area is 115 Å². The van der Waals surface area contributed by atoms with Crippen LogP contribution in [-0.2, 0) is 6.54 Å². The molecule has 4 nitrogen and oxygen atoms in total. The van der Waals surface area contributed by atoms with Crippen molar-refractivity contribution in [1.82, 2.24) is 4.98 Å². The van der Waals surface area contributed by atoms with Crippen molar-refractivity contribution in [3.05, 3.63) is 47.7 Å². The summed E-state index contributed by atoms with van der Waals surface area (Å²) < 4.78 is 26.3. The average Bonchev–Trinajstić information content (AvgIpc) is 2.42. The molecule has 0 saturated heterocycles. The van der Waals surface area contributed by atoms with Crippen LogP contribution in [0.4, 0.5) is 20.3 Å². The Hall–Kier alpha value is -2.37. The third-order valence-electron chi connectivity index (χ3n) is 2.78. The molecule has 0 atom stereocenters. The van der Waals surface area contributed by atoms with Crippen LogP contribution >= 0.6 is 0 Å². The van der Waals surface area contributed by atoms with Crippen LogP contribution in [0.1, 0.15) is 5.56 Å². The van der Waals surface area contributed by atoms with Gasteiger partial charge < -0.3 is 15.3 Å². The number of anilines is 2. The zero-order valence-electron chi connectivity index (χ0n) is 11.2. The molecule has 0 aliphatic carbocycles. The molecule has 1 heterocycles. The van der Waals surface area contributed by atoms with Crippen LogP contribution in [0.15, 0.2) is 30.5 Å². The Morgan fingerprint density at radius 1 is 1.20 bits per heavy atom. The number of phenols is 1. The van der Waals surface area contributed by atoms with Crippen LogP contribution in [0, 0.1) is 11.6 Å². The molecule has 0 bridgehead atoms. The van der Waals surface area contributed by atoms with Gasteiger partial charge in [-0.3, -0.25) is 0 Å². The number of aromatic nitrogens is 1. The standard InChI is InChI=1S/C14H15F2N3O/c1-19(2)13-4-3-10(8-18-13)17-7-9-5-11(15)14(20)12(16)6-9/h3-6,8,17,20H,7H2,1-2H3. The van der Waals surface area contributed by atoms with Crippen molar-refractivity contribution in [2.75, 3.05) is 24.3 Å². The summed E-state index contributed by atoms with van der Waals surface area (Å²) in [5, 5.41) is 12.0. The van der Waals surface area contributed by atoms with Crippen LogP contribution in [0.2, 0.25) is 0 Å². The first-order valence-corrected chi connectivity index (χ1v) is 6.01. The topological polar surface area (TPSA) is 48.4 Å². The van der Waals surface area contributed by atoms with Crippen LogP contribution in [0.5, 0.6) is 5.75 Å². The minimum atomic E-state index is -0.970. The number of halogens is 2. The van der Waals surface area contributed by atoms with Crippen LogP contribution < -0.4 is 10.2 Å². The van der Waals surface area contributed by atoms with E-state index in [-0.39, 0.29) is 6.54 Å². The normalized spacial score (nSPS) is 10.4. The molecule has 20 heavy (non-hydrogen) atoms. The number of aromatic hydroxyl groups is 1. The van der Waals surface area contributed by atoms with Gasteiger partial charge in [0.15, 0.2) is 17.4 Å². The molecule has 6 heteroatoms. The van der Waals surface area contributed by atoms with E-state index in [4.69, 9.17) is 5.11 Å². The maximum Gasteiger partial charge on any atom is 0.187 e. The lowest BCUT2D eigenvalue weighted by Crippen LogP contribution is -2.10. The lowest BCUT2D eigenvalue weighted by molar-refractivity contribution is 0.395. The molecular weight excluding hydrogens is 264 g/mol. The summed E-state index contributed by atoms with van der Waals surface area (Å²) in [6.07, 6.45) is 1.64. The minimum absolute atomic E-state index is 0.233. The molecule has 1 aromatic carbocycles. The Morgan fingerprint density at radius 3 is 2.35 bits per heavy atom. The second kappa shape index (κ2) is 5.73. The molecule has 0 aliphatic rings. The molecule has 0 amide bonds. The summed E-state index contributed by atoms with van der Waals surface area (Å²) in [6, 6.07) is 5.84. The Balaban J connectivity index is 2.05. The molecule has 106 valence electrons. The molecule has 0 saturated carbocycles. The first kappa shape index (κ1) is 14.0. The van der Waals surface area contributed by atoms with Crippen LogP contribution in [0.25, 0.3) is 0 Å². The molecule has 2 rings (SSSR count). The van der Waals surface area contributed by atoms with Gasteiger partial charge in [0, 0.05) is 20.6 Å². The molecule has 2 N–H and O–H groups in total. The van der Waals surface area contributed by atoms with E-state index in [2.05, 4.69) is 10.3 Å². The number of rotatable bonds is 4. The van der Waals surface area contributed by atoms with Crippen molar-refractivity contribution in [3.8, 4) is 5.75 Å². The van der Waals surface area contributed by atoms with Crippen LogP contribution in [-0.4, -0.2) is 24.2 Å². The molecular formula is C14H15F2N3O. The monoisotopic (exact) mass is 279 g/mol. The van der Waals surface area contributed by atoms with Gasteiger partial charge in [-0.05, 0) is 29.8 Å². The number of hydrogen-bond acceptors (Lipinski definition) is 4. The average molecular weight is 279 g/mol. The molecule has 0 aliphatic heterocycles. The zero-order chi connectivity index (χ0) is 14.7. The van der Waals surface area contributed by atoms with Crippen LogP contribution in [0.3, 0.4) is 0 Å². The smallest absolute Gasteiger partial charge is 0.187 e. The van der Waals surface area contributed by atoms with Gasteiger partial charge in [-0.2, -0.15) is 0 Å².